The highest BCUT2D eigenvalue weighted by atomic mass is 16.2. The minimum atomic E-state index is -0.279. The van der Waals surface area contributed by atoms with Crippen molar-refractivity contribution in [3.05, 3.63) is 12.2 Å². The normalized spacial score (nSPS) is 11.9. The van der Waals surface area contributed by atoms with Crippen molar-refractivity contribution in [2.24, 2.45) is 0 Å². The maximum absolute atomic E-state index is 11.7. The van der Waals surface area contributed by atoms with Gasteiger partial charge < -0.3 is 15.1 Å². The second-order valence-corrected chi connectivity index (χ2v) is 6.67. The van der Waals surface area contributed by atoms with E-state index in [0.29, 0.717) is 12.0 Å². The fourth-order valence-electron chi connectivity index (χ4n) is 1.70. The molecule has 0 saturated heterocycles. The minimum absolute atomic E-state index is 0.0612. The van der Waals surface area contributed by atoms with Gasteiger partial charge in [0.05, 0.1) is 33.6 Å². The molecule has 0 unspecified atom stereocenters. The smallest absolute Gasteiger partial charge is 0.246 e. The second-order valence-electron chi connectivity index (χ2n) is 6.67. The van der Waals surface area contributed by atoms with E-state index in [4.69, 9.17) is 0 Å². The number of rotatable bonds is 8. The first-order valence-electron chi connectivity index (χ1n) is 7.00. The molecule has 0 aromatic heterocycles. The molecule has 0 aliphatic carbocycles. The molecule has 0 saturated carbocycles. The molecule has 0 radical (unpaired) electrons. The number of carbonyl (C=O) groups excluding carboxylic acids is 2. The number of carbonyl (C=O) groups is 2. The minimum Gasteiger partial charge on any atom is -0.359 e. The van der Waals surface area contributed by atoms with Crippen LogP contribution in [0.5, 0.6) is 0 Å². The molecule has 0 fully saturated rings. The van der Waals surface area contributed by atoms with Gasteiger partial charge in [0.1, 0.15) is 0 Å². The van der Waals surface area contributed by atoms with E-state index in [1.54, 1.807) is 14.0 Å². The number of hydrogen-bond donors (Lipinski definition) is 2. The van der Waals surface area contributed by atoms with Crippen molar-refractivity contribution >= 4 is 11.8 Å². The van der Waals surface area contributed by atoms with Crippen molar-refractivity contribution in [1.29, 1.82) is 0 Å². The SMILES string of the molecule is C=C(C)C(=O)NC(C)(C)CC[N+](C)(C)CCC(=O)NC. The van der Waals surface area contributed by atoms with Gasteiger partial charge in [0.25, 0.3) is 0 Å². The standard InChI is InChI=1S/C15H29N3O2/c1-12(2)14(20)17-15(3,4)9-11-18(6,7)10-8-13(19)16-5/h1,8-11H2,2-7H3,(H-,16,17,19,20)/p+1. The van der Waals surface area contributed by atoms with Crippen molar-refractivity contribution in [2.75, 3.05) is 34.2 Å². The summed E-state index contributed by atoms with van der Waals surface area (Å²) < 4.78 is 0.750. The van der Waals surface area contributed by atoms with E-state index in [0.717, 1.165) is 24.0 Å². The Hall–Kier alpha value is -1.36. The Balaban J connectivity index is 4.32. The molecule has 0 aliphatic heterocycles. The highest BCUT2D eigenvalue weighted by molar-refractivity contribution is 5.92. The lowest BCUT2D eigenvalue weighted by Gasteiger charge is -2.34. The predicted molar refractivity (Wildman–Crippen MR) is 82.2 cm³/mol. The van der Waals surface area contributed by atoms with Crippen LogP contribution in [0.4, 0.5) is 0 Å². The van der Waals surface area contributed by atoms with E-state index < -0.39 is 0 Å². The van der Waals surface area contributed by atoms with Gasteiger partial charge >= 0.3 is 0 Å². The van der Waals surface area contributed by atoms with Crippen LogP contribution in [0.1, 0.15) is 33.6 Å². The Morgan fingerprint density at radius 3 is 2.20 bits per heavy atom. The third-order valence-corrected chi connectivity index (χ3v) is 3.40. The van der Waals surface area contributed by atoms with Gasteiger partial charge in [-0.3, -0.25) is 9.59 Å². The molecule has 0 rings (SSSR count). The van der Waals surface area contributed by atoms with Gasteiger partial charge in [-0.25, -0.2) is 0 Å². The molecular weight excluding hydrogens is 254 g/mol. The zero-order chi connectivity index (χ0) is 16.0. The summed E-state index contributed by atoms with van der Waals surface area (Å²) in [6, 6.07) is 0. The van der Waals surface area contributed by atoms with E-state index in [1.165, 1.54) is 0 Å². The van der Waals surface area contributed by atoms with E-state index in [9.17, 15) is 9.59 Å². The van der Waals surface area contributed by atoms with Crippen LogP contribution in [0, 0.1) is 0 Å². The molecule has 0 atom stereocenters. The number of nitrogens with one attached hydrogen (secondary N) is 2. The molecule has 116 valence electrons. The lowest BCUT2D eigenvalue weighted by Crippen LogP contribution is -2.50. The lowest BCUT2D eigenvalue weighted by molar-refractivity contribution is -0.890. The van der Waals surface area contributed by atoms with Crippen LogP contribution in [-0.2, 0) is 9.59 Å². The van der Waals surface area contributed by atoms with E-state index >= 15 is 0 Å². The summed E-state index contributed by atoms with van der Waals surface area (Å²) in [4.78, 5) is 23.0. The van der Waals surface area contributed by atoms with Crippen molar-refractivity contribution in [3.63, 3.8) is 0 Å². The second kappa shape index (κ2) is 7.43. The fourth-order valence-corrected chi connectivity index (χ4v) is 1.70. The first-order valence-corrected chi connectivity index (χ1v) is 7.00. The first-order chi connectivity index (χ1) is 8.99. The summed E-state index contributed by atoms with van der Waals surface area (Å²) in [7, 11) is 5.85. The van der Waals surface area contributed by atoms with E-state index in [2.05, 4.69) is 31.3 Å². The Bertz CT molecular complexity index is 373. The third kappa shape index (κ3) is 7.94. The molecule has 0 bridgehead atoms. The van der Waals surface area contributed by atoms with Crippen LogP contribution in [0.3, 0.4) is 0 Å². The van der Waals surface area contributed by atoms with Crippen LogP contribution < -0.4 is 10.6 Å². The van der Waals surface area contributed by atoms with Gasteiger partial charge in [-0.05, 0) is 20.8 Å². The van der Waals surface area contributed by atoms with Crippen molar-refractivity contribution in [1.82, 2.24) is 10.6 Å². The summed E-state index contributed by atoms with van der Waals surface area (Å²) in [6.45, 7) is 11.0. The topological polar surface area (TPSA) is 58.2 Å². The van der Waals surface area contributed by atoms with E-state index in [-0.39, 0.29) is 17.4 Å². The zero-order valence-electron chi connectivity index (χ0n) is 13.8. The zero-order valence-corrected chi connectivity index (χ0v) is 13.8. The molecule has 0 aromatic carbocycles. The first kappa shape index (κ1) is 18.6. The van der Waals surface area contributed by atoms with Crippen LogP contribution >= 0.6 is 0 Å². The Morgan fingerprint density at radius 2 is 1.75 bits per heavy atom. The number of amides is 2. The summed E-state index contributed by atoms with van der Waals surface area (Å²) in [5.41, 5.74) is 0.241. The summed E-state index contributed by atoms with van der Waals surface area (Å²) in [5, 5.41) is 5.61. The van der Waals surface area contributed by atoms with Gasteiger partial charge in [0.15, 0.2) is 0 Å². The third-order valence-electron chi connectivity index (χ3n) is 3.40. The fraction of sp³-hybridized carbons (Fsp3) is 0.733. The lowest BCUT2D eigenvalue weighted by atomic mass is 9.99. The summed E-state index contributed by atoms with van der Waals surface area (Å²) in [6.07, 6.45) is 1.36. The monoisotopic (exact) mass is 284 g/mol. The van der Waals surface area contributed by atoms with Gasteiger partial charge in [0.2, 0.25) is 11.8 Å². The number of quaternary nitrogens is 1. The Morgan fingerprint density at radius 1 is 1.20 bits per heavy atom. The molecular formula is C15H30N3O2+. The van der Waals surface area contributed by atoms with Crippen LogP contribution in [0.2, 0.25) is 0 Å². The van der Waals surface area contributed by atoms with Gasteiger partial charge in [0, 0.05) is 24.6 Å². The molecule has 0 spiro atoms. The average molecular weight is 284 g/mol. The summed E-state index contributed by atoms with van der Waals surface area (Å²) >= 11 is 0. The van der Waals surface area contributed by atoms with Crippen molar-refractivity contribution in [3.8, 4) is 0 Å². The molecule has 0 aliphatic rings. The average Bonchev–Trinajstić information content (AvgIpc) is 2.33. The molecule has 2 amide bonds. The highest BCUT2D eigenvalue weighted by Crippen LogP contribution is 2.13. The van der Waals surface area contributed by atoms with Crippen molar-refractivity contribution in [2.45, 2.75) is 39.2 Å². The molecule has 2 N–H and O–H groups in total. The molecule has 20 heavy (non-hydrogen) atoms. The predicted octanol–water partition coefficient (Wildman–Crippen LogP) is 1.06. The number of nitrogens with zero attached hydrogens (tertiary/aromatic N) is 1. The molecule has 5 heteroatoms. The quantitative estimate of drug-likeness (QED) is 0.517. The highest BCUT2D eigenvalue weighted by Gasteiger charge is 2.25. The molecule has 0 aromatic rings. The van der Waals surface area contributed by atoms with Crippen LogP contribution in [-0.4, -0.2) is 56.1 Å². The van der Waals surface area contributed by atoms with Gasteiger partial charge in [-0.15, -0.1) is 0 Å². The molecule has 0 heterocycles. The van der Waals surface area contributed by atoms with E-state index in [1.807, 2.05) is 13.8 Å². The molecule has 5 nitrogen and oxygen atoms in total. The maximum atomic E-state index is 11.7. The maximum Gasteiger partial charge on any atom is 0.246 e. The van der Waals surface area contributed by atoms with Gasteiger partial charge in [-0.2, -0.15) is 0 Å². The van der Waals surface area contributed by atoms with Crippen LogP contribution in [0.15, 0.2) is 12.2 Å². The van der Waals surface area contributed by atoms with Crippen molar-refractivity contribution < 1.29 is 14.1 Å². The largest absolute Gasteiger partial charge is 0.359 e. The Kier molecular flexibility index (Phi) is 6.92. The number of hydrogen-bond acceptors (Lipinski definition) is 2. The van der Waals surface area contributed by atoms with Crippen LogP contribution in [0.25, 0.3) is 0 Å². The summed E-state index contributed by atoms with van der Waals surface area (Å²) in [5.74, 6) is -0.0447. The Labute approximate surface area is 123 Å². The van der Waals surface area contributed by atoms with Gasteiger partial charge in [-0.1, -0.05) is 6.58 Å².